The third kappa shape index (κ3) is 4.73. The van der Waals surface area contributed by atoms with Crippen molar-refractivity contribution in [3.8, 4) is 17.1 Å². The summed E-state index contributed by atoms with van der Waals surface area (Å²) in [6.07, 6.45) is 0. The summed E-state index contributed by atoms with van der Waals surface area (Å²) in [7, 11) is 0. The standard InChI is InChI=1S/C23H20N4OS/c28-21(24-16-18-10-4-1-5-11-18)17-29-23-26-25-22(19-12-6-2-7-13-19)27(23)20-14-8-3-9-15-20/h1-15H,16-17H2,(H,24,28). The Morgan fingerprint density at radius 3 is 2.14 bits per heavy atom. The summed E-state index contributed by atoms with van der Waals surface area (Å²) in [5, 5.41) is 12.4. The molecule has 29 heavy (non-hydrogen) atoms. The number of nitrogens with one attached hydrogen (secondary N) is 1. The number of nitrogens with zero attached hydrogens (tertiary/aromatic N) is 3. The summed E-state index contributed by atoms with van der Waals surface area (Å²) >= 11 is 1.38. The molecule has 0 aliphatic heterocycles. The lowest BCUT2D eigenvalue weighted by atomic mass is 10.2. The number of rotatable bonds is 7. The monoisotopic (exact) mass is 400 g/mol. The van der Waals surface area contributed by atoms with Crippen LogP contribution >= 0.6 is 11.8 Å². The molecule has 0 fully saturated rings. The van der Waals surface area contributed by atoms with Gasteiger partial charge in [0.1, 0.15) is 0 Å². The second kappa shape index (κ2) is 9.21. The van der Waals surface area contributed by atoms with Crippen LogP contribution in [0.25, 0.3) is 17.1 Å². The van der Waals surface area contributed by atoms with E-state index in [1.807, 2.05) is 95.6 Å². The van der Waals surface area contributed by atoms with Crippen molar-refractivity contribution >= 4 is 17.7 Å². The quantitative estimate of drug-likeness (QED) is 0.469. The van der Waals surface area contributed by atoms with E-state index in [9.17, 15) is 4.79 Å². The molecule has 0 unspecified atom stereocenters. The maximum absolute atomic E-state index is 12.3. The number of carbonyl (C=O) groups excluding carboxylic acids is 1. The van der Waals surface area contributed by atoms with Gasteiger partial charge in [-0.25, -0.2) is 0 Å². The smallest absolute Gasteiger partial charge is 0.230 e. The highest BCUT2D eigenvalue weighted by molar-refractivity contribution is 7.99. The van der Waals surface area contributed by atoms with Gasteiger partial charge in [-0.15, -0.1) is 10.2 Å². The maximum atomic E-state index is 12.3. The van der Waals surface area contributed by atoms with Crippen LogP contribution in [-0.2, 0) is 11.3 Å². The normalized spacial score (nSPS) is 10.6. The van der Waals surface area contributed by atoms with Crippen LogP contribution < -0.4 is 5.32 Å². The van der Waals surface area contributed by atoms with Crippen molar-refractivity contribution in [3.63, 3.8) is 0 Å². The van der Waals surface area contributed by atoms with Crippen LogP contribution in [-0.4, -0.2) is 26.4 Å². The Kier molecular flexibility index (Phi) is 6.02. The van der Waals surface area contributed by atoms with Crippen molar-refractivity contribution < 1.29 is 4.79 Å². The van der Waals surface area contributed by atoms with Crippen LogP contribution in [0.4, 0.5) is 0 Å². The highest BCUT2D eigenvalue weighted by atomic mass is 32.2. The first kappa shape index (κ1) is 19.0. The maximum Gasteiger partial charge on any atom is 0.230 e. The van der Waals surface area contributed by atoms with Crippen molar-refractivity contribution in [3.05, 3.63) is 96.6 Å². The number of carbonyl (C=O) groups is 1. The predicted molar refractivity (Wildman–Crippen MR) is 116 cm³/mol. The molecule has 5 nitrogen and oxygen atoms in total. The Labute approximate surface area is 173 Å². The summed E-state index contributed by atoms with van der Waals surface area (Å²) in [6, 6.07) is 29.7. The molecule has 0 aliphatic carbocycles. The van der Waals surface area contributed by atoms with Gasteiger partial charge in [-0.1, -0.05) is 90.6 Å². The molecule has 0 saturated heterocycles. The minimum absolute atomic E-state index is 0.0391. The van der Waals surface area contributed by atoms with E-state index in [-0.39, 0.29) is 11.7 Å². The number of benzene rings is 3. The van der Waals surface area contributed by atoms with Crippen LogP contribution in [0, 0.1) is 0 Å². The van der Waals surface area contributed by atoms with E-state index >= 15 is 0 Å². The van der Waals surface area contributed by atoms with E-state index < -0.39 is 0 Å². The molecule has 0 spiro atoms. The van der Waals surface area contributed by atoms with Crippen molar-refractivity contribution in [2.75, 3.05) is 5.75 Å². The molecule has 6 heteroatoms. The number of para-hydroxylation sites is 1. The SMILES string of the molecule is O=C(CSc1nnc(-c2ccccc2)n1-c1ccccc1)NCc1ccccc1. The molecule has 4 rings (SSSR count). The van der Waals surface area contributed by atoms with Gasteiger partial charge in [0.05, 0.1) is 5.75 Å². The molecule has 0 bridgehead atoms. The third-order valence-electron chi connectivity index (χ3n) is 4.34. The summed E-state index contributed by atoms with van der Waals surface area (Å²) in [5.74, 6) is 0.985. The highest BCUT2D eigenvalue weighted by Gasteiger charge is 2.17. The van der Waals surface area contributed by atoms with Crippen molar-refractivity contribution in [2.45, 2.75) is 11.7 Å². The van der Waals surface area contributed by atoms with Gasteiger partial charge in [0.25, 0.3) is 0 Å². The molecular formula is C23H20N4OS. The minimum atomic E-state index is -0.0391. The fraction of sp³-hybridized carbons (Fsp3) is 0.0870. The van der Waals surface area contributed by atoms with Crippen molar-refractivity contribution in [1.29, 1.82) is 0 Å². The summed E-state index contributed by atoms with van der Waals surface area (Å²) in [4.78, 5) is 12.3. The van der Waals surface area contributed by atoms with E-state index in [0.717, 1.165) is 22.6 Å². The molecular weight excluding hydrogens is 380 g/mol. The van der Waals surface area contributed by atoms with E-state index in [4.69, 9.17) is 0 Å². The largest absolute Gasteiger partial charge is 0.351 e. The lowest BCUT2D eigenvalue weighted by molar-refractivity contribution is -0.118. The summed E-state index contributed by atoms with van der Waals surface area (Å²) < 4.78 is 1.99. The van der Waals surface area contributed by atoms with Gasteiger partial charge in [0.15, 0.2) is 11.0 Å². The van der Waals surface area contributed by atoms with Crippen molar-refractivity contribution in [1.82, 2.24) is 20.1 Å². The molecule has 1 aromatic heterocycles. The second-order valence-electron chi connectivity index (χ2n) is 6.39. The summed E-state index contributed by atoms with van der Waals surface area (Å²) in [6.45, 7) is 0.515. The molecule has 0 radical (unpaired) electrons. The zero-order valence-corrected chi connectivity index (χ0v) is 16.5. The van der Waals surface area contributed by atoms with Crippen molar-refractivity contribution in [2.24, 2.45) is 0 Å². The van der Waals surface area contributed by atoms with E-state index in [1.54, 1.807) is 0 Å². The molecule has 1 amide bonds. The Morgan fingerprint density at radius 2 is 1.45 bits per heavy atom. The fourth-order valence-corrected chi connectivity index (χ4v) is 3.71. The summed E-state index contributed by atoms with van der Waals surface area (Å²) in [5.41, 5.74) is 3.01. The molecule has 0 atom stereocenters. The topological polar surface area (TPSA) is 59.8 Å². The predicted octanol–water partition coefficient (Wildman–Crippen LogP) is 4.34. The average molecular weight is 401 g/mol. The van der Waals surface area contributed by atoms with Gasteiger partial charge >= 0.3 is 0 Å². The Bertz CT molecular complexity index is 1070. The van der Waals surface area contributed by atoms with Crippen LogP contribution in [0.5, 0.6) is 0 Å². The number of amides is 1. The van der Waals surface area contributed by atoms with Crippen LogP contribution in [0.1, 0.15) is 5.56 Å². The van der Waals surface area contributed by atoms with E-state index in [2.05, 4.69) is 15.5 Å². The Hall–Kier alpha value is -3.38. The first-order valence-electron chi connectivity index (χ1n) is 9.31. The lowest BCUT2D eigenvalue weighted by Crippen LogP contribution is -2.24. The molecule has 1 N–H and O–H groups in total. The minimum Gasteiger partial charge on any atom is -0.351 e. The van der Waals surface area contributed by atoms with Gasteiger partial charge in [-0.3, -0.25) is 9.36 Å². The molecule has 0 aliphatic rings. The fourth-order valence-electron chi connectivity index (χ4n) is 2.93. The number of hydrogen-bond donors (Lipinski definition) is 1. The van der Waals surface area contributed by atoms with E-state index in [1.165, 1.54) is 11.8 Å². The zero-order valence-electron chi connectivity index (χ0n) is 15.7. The highest BCUT2D eigenvalue weighted by Crippen LogP contribution is 2.27. The Balaban J connectivity index is 1.51. The third-order valence-corrected chi connectivity index (χ3v) is 5.27. The van der Waals surface area contributed by atoms with E-state index in [0.29, 0.717) is 11.7 Å². The Morgan fingerprint density at radius 1 is 0.828 bits per heavy atom. The molecule has 144 valence electrons. The molecule has 0 saturated carbocycles. The number of thioether (sulfide) groups is 1. The molecule has 1 heterocycles. The average Bonchev–Trinajstić information content (AvgIpc) is 3.22. The van der Waals surface area contributed by atoms with Gasteiger partial charge in [0.2, 0.25) is 5.91 Å². The lowest BCUT2D eigenvalue weighted by Gasteiger charge is -2.10. The van der Waals surface area contributed by atoms with Crippen LogP contribution in [0.15, 0.2) is 96.2 Å². The molecule has 3 aromatic carbocycles. The van der Waals surface area contributed by atoms with Gasteiger partial charge in [-0.2, -0.15) is 0 Å². The van der Waals surface area contributed by atoms with Gasteiger partial charge in [0, 0.05) is 17.8 Å². The van der Waals surface area contributed by atoms with Crippen LogP contribution in [0.3, 0.4) is 0 Å². The van der Waals surface area contributed by atoms with Crippen LogP contribution in [0.2, 0.25) is 0 Å². The second-order valence-corrected chi connectivity index (χ2v) is 7.34. The number of aromatic nitrogens is 3. The first-order chi connectivity index (χ1) is 14.3. The van der Waals surface area contributed by atoms with Gasteiger partial charge in [-0.05, 0) is 17.7 Å². The zero-order chi connectivity index (χ0) is 19.9. The van der Waals surface area contributed by atoms with Gasteiger partial charge < -0.3 is 5.32 Å². The molecule has 4 aromatic rings. The first-order valence-corrected chi connectivity index (χ1v) is 10.3. The number of hydrogen-bond acceptors (Lipinski definition) is 4.